The highest BCUT2D eigenvalue weighted by atomic mass is 32.1. The predicted octanol–water partition coefficient (Wildman–Crippen LogP) is 0.926. The number of thiazole rings is 1. The summed E-state index contributed by atoms with van der Waals surface area (Å²) in [7, 11) is 0. The third-order valence-corrected chi connectivity index (χ3v) is 4.89. The average Bonchev–Trinajstić information content (AvgIpc) is 3.23. The second kappa shape index (κ2) is 6.17. The summed E-state index contributed by atoms with van der Waals surface area (Å²) < 4.78 is 6.42. The Labute approximate surface area is 145 Å². The molecule has 2 amide bonds. The molecule has 128 valence electrons. The normalized spacial score (nSPS) is 15.1. The molecule has 0 spiro atoms. The van der Waals surface area contributed by atoms with Crippen molar-refractivity contribution in [3.63, 3.8) is 0 Å². The number of carbonyl (C=O) groups is 2. The number of benzene rings is 1. The van der Waals surface area contributed by atoms with E-state index in [1.165, 1.54) is 20.8 Å². The summed E-state index contributed by atoms with van der Waals surface area (Å²) >= 11 is 1.38. The molecule has 25 heavy (non-hydrogen) atoms. The van der Waals surface area contributed by atoms with E-state index in [0.717, 1.165) is 0 Å². The van der Waals surface area contributed by atoms with E-state index in [1.807, 2.05) is 0 Å². The van der Waals surface area contributed by atoms with Crippen LogP contribution < -0.4 is 10.7 Å². The van der Waals surface area contributed by atoms with Crippen LogP contribution in [0.4, 0.5) is 5.13 Å². The number of piperazine rings is 1. The second-order valence-electron chi connectivity index (χ2n) is 5.60. The highest BCUT2D eigenvalue weighted by Crippen LogP contribution is 2.20. The van der Waals surface area contributed by atoms with Crippen molar-refractivity contribution in [1.29, 1.82) is 0 Å². The van der Waals surface area contributed by atoms with Gasteiger partial charge in [-0.25, -0.2) is 9.78 Å². The number of rotatable bonds is 3. The minimum absolute atomic E-state index is 0.0249. The van der Waals surface area contributed by atoms with Gasteiger partial charge in [0.25, 0.3) is 0 Å². The monoisotopic (exact) mass is 358 g/mol. The first-order chi connectivity index (χ1) is 12.1. The predicted molar refractivity (Wildman–Crippen MR) is 91.5 cm³/mol. The molecule has 3 heterocycles. The zero-order valence-corrected chi connectivity index (χ0v) is 13.9. The highest BCUT2D eigenvalue weighted by molar-refractivity contribution is 7.13. The van der Waals surface area contributed by atoms with E-state index >= 15 is 0 Å². The lowest BCUT2D eigenvalue weighted by Gasteiger charge is -2.32. The molecule has 0 radical (unpaired) electrons. The Morgan fingerprint density at radius 2 is 2.08 bits per heavy atom. The standard InChI is InChI=1S/C16H14N4O4S/c21-13(10-20-11-3-1-2-4-12(11)24-16(20)23)18-6-7-19(14(22)9-18)15-17-5-8-25-15/h1-5,8H,6-7,9-10H2. The molecule has 1 aromatic carbocycles. The molecule has 1 aliphatic heterocycles. The van der Waals surface area contributed by atoms with Crippen LogP contribution >= 0.6 is 11.3 Å². The number of amides is 2. The van der Waals surface area contributed by atoms with E-state index in [4.69, 9.17) is 4.42 Å². The quantitative estimate of drug-likeness (QED) is 0.695. The van der Waals surface area contributed by atoms with Gasteiger partial charge in [0.05, 0.1) is 5.52 Å². The fraction of sp³-hybridized carbons (Fsp3) is 0.250. The largest absolute Gasteiger partial charge is 0.420 e. The Morgan fingerprint density at radius 3 is 2.84 bits per heavy atom. The lowest BCUT2D eigenvalue weighted by molar-refractivity contribution is -0.137. The number of anilines is 1. The Morgan fingerprint density at radius 1 is 1.24 bits per heavy atom. The van der Waals surface area contributed by atoms with E-state index in [9.17, 15) is 14.4 Å². The summed E-state index contributed by atoms with van der Waals surface area (Å²) in [6, 6.07) is 6.93. The maximum atomic E-state index is 12.5. The first-order valence-electron chi connectivity index (χ1n) is 7.69. The Bertz CT molecular complexity index is 991. The smallest absolute Gasteiger partial charge is 0.408 e. The topological polar surface area (TPSA) is 88.7 Å². The first kappa shape index (κ1) is 15.6. The lowest BCUT2D eigenvalue weighted by Crippen LogP contribution is -2.53. The molecule has 4 rings (SSSR count). The van der Waals surface area contributed by atoms with Crippen LogP contribution in [0.15, 0.2) is 45.1 Å². The molecule has 0 saturated carbocycles. The number of fused-ring (bicyclic) bond motifs is 1. The van der Waals surface area contributed by atoms with Crippen molar-refractivity contribution in [2.75, 3.05) is 24.5 Å². The van der Waals surface area contributed by atoms with Crippen LogP contribution in [0.25, 0.3) is 11.1 Å². The van der Waals surface area contributed by atoms with Crippen molar-refractivity contribution >= 4 is 39.4 Å². The van der Waals surface area contributed by atoms with Crippen LogP contribution in [0.1, 0.15) is 0 Å². The maximum absolute atomic E-state index is 12.5. The van der Waals surface area contributed by atoms with Gasteiger partial charge in [0.1, 0.15) is 13.1 Å². The number of carbonyl (C=O) groups excluding carboxylic acids is 2. The van der Waals surface area contributed by atoms with E-state index in [2.05, 4.69) is 4.98 Å². The molecule has 8 nitrogen and oxygen atoms in total. The molecule has 0 unspecified atom stereocenters. The van der Waals surface area contributed by atoms with Gasteiger partial charge in [-0.3, -0.25) is 19.1 Å². The zero-order valence-electron chi connectivity index (χ0n) is 13.1. The third-order valence-electron chi connectivity index (χ3n) is 4.09. The van der Waals surface area contributed by atoms with Gasteiger partial charge < -0.3 is 9.32 Å². The second-order valence-corrected chi connectivity index (χ2v) is 6.47. The van der Waals surface area contributed by atoms with Crippen molar-refractivity contribution in [2.45, 2.75) is 6.54 Å². The van der Waals surface area contributed by atoms with E-state index < -0.39 is 5.76 Å². The van der Waals surface area contributed by atoms with Crippen LogP contribution in [0, 0.1) is 0 Å². The number of nitrogens with zero attached hydrogens (tertiary/aromatic N) is 4. The van der Waals surface area contributed by atoms with E-state index in [-0.39, 0.29) is 24.9 Å². The van der Waals surface area contributed by atoms with Gasteiger partial charge in [0.15, 0.2) is 10.7 Å². The Hall–Kier alpha value is -2.94. The maximum Gasteiger partial charge on any atom is 0.420 e. The highest BCUT2D eigenvalue weighted by Gasteiger charge is 2.29. The van der Waals surface area contributed by atoms with Crippen molar-refractivity contribution < 1.29 is 14.0 Å². The summed E-state index contributed by atoms with van der Waals surface area (Å²) in [5.41, 5.74) is 0.999. The van der Waals surface area contributed by atoms with Crippen molar-refractivity contribution in [1.82, 2.24) is 14.5 Å². The zero-order chi connectivity index (χ0) is 17.4. The Balaban J connectivity index is 1.50. The van der Waals surface area contributed by atoms with Gasteiger partial charge >= 0.3 is 5.76 Å². The van der Waals surface area contributed by atoms with Gasteiger partial charge in [0, 0.05) is 24.7 Å². The van der Waals surface area contributed by atoms with Crippen LogP contribution in [0.2, 0.25) is 0 Å². The molecular weight excluding hydrogens is 344 g/mol. The van der Waals surface area contributed by atoms with Gasteiger partial charge in [-0.05, 0) is 12.1 Å². The summed E-state index contributed by atoms with van der Waals surface area (Å²) in [5.74, 6) is -1.05. The molecule has 2 aromatic heterocycles. The number of para-hydroxylation sites is 2. The van der Waals surface area contributed by atoms with Crippen LogP contribution in [0.5, 0.6) is 0 Å². The van der Waals surface area contributed by atoms with Crippen LogP contribution in [-0.2, 0) is 16.1 Å². The summed E-state index contributed by atoms with van der Waals surface area (Å²) in [4.78, 5) is 44.0. The molecule has 0 bridgehead atoms. The molecule has 1 fully saturated rings. The minimum atomic E-state index is -0.581. The Kier molecular flexibility index (Phi) is 3.85. The van der Waals surface area contributed by atoms with Gasteiger partial charge in [-0.15, -0.1) is 11.3 Å². The SMILES string of the molecule is O=C(Cn1c(=O)oc2ccccc21)N1CCN(c2nccs2)C(=O)C1. The summed E-state index contributed by atoms with van der Waals surface area (Å²) in [6.45, 7) is 0.608. The molecule has 9 heteroatoms. The molecular formula is C16H14N4O4S. The third kappa shape index (κ3) is 2.82. The van der Waals surface area contributed by atoms with Gasteiger partial charge in [-0.1, -0.05) is 12.1 Å². The molecule has 0 aliphatic carbocycles. The van der Waals surface area contributed by atoms with Crippen molar-refractivity contribution in [3.8, 4) is 0 Å². The summed E-state index contributed by atoms with van der Waals surface area (Å²) in [5, 5.41) is 2.44. The molecule has 1 saturated heterocycles. The van der Waals surface area contributed by atoms with Crippen LogP contribution in [0.3, 0.4) is 0 Å². The number of hydrogen-bond donors (Lipinski definition) is 0. The van der Waals surface area contributed by atoms with Crippen molar-refractivity contribution in [3.05, 3.63) is 46.4 Å². The molecule has 0 N–H and O–H groups in total. The fourth-order valence-corrected chi connectivity index (χ4v) is 3.52. The number of hydrogen-bond acceptors (Lipinski definition) is 6. The summed E-state index contributed by atoms with van der Waals surface area (Å²) in [6.07, 6.45) is 1.64. The minimum Gasteiger partial charge on any atom is -0.408 e. The molecule has 0 atom stereocenters. The fourth-order valence-electron chi connectivity index (χ4n) is 2.84. The van der Waals surface area contributed by atoms with E-state index in [1.54, 1.807) is 40.7 Å². The molecule has 1 aliphatic rings. The lowest BCUT2D eigenvalue weighted by atomic mass is 10.3. The van der Waals surface area contributed by atoms with E-state index in [0.29, 0.717) is 29.3 Å². The van der Waals surface area contributed by atoms with Gasteiger partial charge in [0.2, 0.25) is 11.8 Å². The molecule has 3 aromatic rings. The number of aromatic nitrogens is 2. The average molecular weight is 358 g/mol. The van der Waals surface area contributed by atoms with Gasteiger partial charge in [-0.2, -0.15) is 0 Å². The first-order valence-corrected chi connectivity index (χ1v) is 8.57. The number of oxazole rings is 1. The van der Waals surface area contributed by atoms with Crippen molar-refractivity contribution in [2.24, 2.45) is 0 Å². The van der Waals surface area contributed by atoms with Crippen LogP contribution in [-0.4, -0.2) is 45.9 Å².